The van der Waals surface area contributed by atoms with Gasteiger partial charge in [0, 0.05) is 19.6 Å². The van der Waals surface area contributed by atoms with Crippen molar-refractivity contribution in [2.24, 2.45) is 0 Å². The zero-order chi connectivity index (χ0) is 16.1. The molecule has 1 aromatic carbocycles. The largest absolute Gasteiger partial charge is 0.376 e. The molecule has 124 valence electrons. The Kier molecular flexibility index (Phi) is 5.41. The number of nitrogens with zero attached hydrogens (tertiary/aromatic N) is 1. The second-order valence-electron chi connectivity index (χ2n) is 6.21. The van der Waals surface area contributed by atoms with Crippen LogP contribution in [0.15, 0.2) is 24.3 Å². The van der Waals surface area contributed by atoms with Crippen LogP contribution in [-0.4, -0.2) is 49.1 Å². The molecule has 0 radical (unpaired) electrons. The predicted octanol–water partition coefficient (Wildman–Crippen LogP) is 2.22. The SMILES string of the molecule is O=C1c2ccccc2C(=O)N1CCCCCCC1CNCCO1. The van der Waals surface area contributed by atoms with E-state index in [1.165, 1.54) is 4.90 Å². The maximum atomic E-state index is 12.2. The van der Waals surface area contributed by atoms with Gasteiger partial charge in [0.25, 0.3) is 11.8 Å². The van der Waals surface area contributed by atoms with Crippen molar-refractivity contribution in [3.63, 3.8) is 0 Å². The molecule has 2 amide bonds. The number of unbranched alkanes of at least 4 members (excludes halogenated alkanes) is 3. The molecule has 2 aliphatic rings. The van der Waals surface area contributed by atoms with Crippen LogP contribution < -0.4 is 5.32 Å². The first-order valence-electron chi connectivity index (χ1n) is 8.55. The monoisotopic (exact) mass is 316 g/mol. The smallest absolute Gasteiger partial charge is 0.261 e. The topological polar surface area (TPSA) is 58.6 Å². The van der Waals surface area contributed by atoms with Gasteiger partial charge in [-0.1, -0.05) is 31.4 Å². The summed E-state index contributed by atoms with van der Waals surface area (Å²) in [6.07, 6.45) is 5.58. The van der Waals surface area contributed by atoms with Gasteiger partial charge in [-0.2, -0.15) is 0 Å². The zero-order valence-electron chi connectivity index (χ0n) is 13.4. The molecule has 3 rings (SSSR count). The molecule has 1 unspecified atom stereocenters. The van der Waals surface area contributed by atoms with Gasteiger partial charge >= 0.3 is 0 Å². The third-order valence-corrected chi connectivity index (χ3v) is 4.54. The Balaban J connectivity index is 1.35. The van der Waals surface area contributed by atoms with Crippen LogP contribution in [0.5, 0.6) is 0 Å². The van der Waals surface area contributed by atoms with E-state index in [-0.39, 0.29) is 11.8 Å². The fourth-order valence-electron chi connectivity index (χ4n) is 3.24. The minimum atomic E-state index is -0.146. The minimum absolute atomic E-state index is 0.146. The lowest BCUT2D eigenvalue weighted by Gasteiger charge is -2.23. The van der Waals surface area contributed by atoms with E-state index in [0.29, 0.717) is 23.8 Å². The van der Waals surface area contributed by atoms with Gasteiger partial charge in [0.15, 0.2) is 0 Å². The normalized spacial score (nSPS) is 20.9. The predicted molar refractivity (Wildman–Crippen MR) is 87.5 cm³/mol. The summed E-state index contributed by atoms with van der Waals surface area (Å²) in [6.45, 7) is 3.24. The third-order valence-electron chi connectivity index (χ3n) is 4.54. The Hall–Kier alpha value is -1.72. The van der Waals surface area contributed by atoms with Crippen molar-refractivity contribution in [1.82, 2.24) is 10.2 Å². The number of benzene rings is 1. The lowest BCUT2D eigenvalue weighted by atomic mass is 10.1. The standard InChI is InChI=1S/C18H24N2O3/c21-17-15-8-4-5-9-16(15)18(22)20(17)11-6-2-1-3-7-14-13-19-10-12-23-14/h4-5,8-9,14,19H,1-3,6-7,10-13H2. The van der Waals surface area contributed by atoms with Crippen LogP contribution in [0.25, 0.3) is 0 Å². The Morgan fingerprint density at radius 3 is 2.39 bits per heavy atom. The summed E-state index contributed by atoms with van der Waals surface area (Å²) in [7, 11) is 0. The fourth-order valence-corrected chi connectivity index (χ4v) is 3.24. The van der Waals surface area contributed by atoms with E-state index in [1.54, 1.807) is 24.3 Å². The van der Waals surface area contributed by atoms with Gasteiger partial charge in [-0.15, -0.1) is 0 Å². The molecule has 0 bridgehead atoms. The minimum Gasteiger partial charge on any atom is -0.376 e. The van der Waals surface area contributed by atoms with Crippen molar-refractivity contribution in [1.29, 1.82) is 0 Å². The highest BCUT2D eigenvalue weighted by molar-refractivity contribution is 6.21. The maximum absolute atomic E-state index is 12.2. The van der Waals surface area contributed by atoms with E-state index < -0.39 is 0 Å². The van der Waals surface area contributed by atoms with Gasteiger partial charge in [0.05, 0.1) is 23.8 Å². The van der Waals surface area contributed by atoms with E-state index in [4.69, 9.17) is 4.74 Å². The number of nitrogens with one attached hydrogen (secondary N) is 1. The van der Waals surface area contributed by atoms with Gasteiger partial charge < -0.3 is 10.1 Å². The van der Waals surface area contributed by atoms with E-state index in [2.05, 4.69) is 5.32 Å². The van der Waals surface area contributed by atoms with Crippen LogP contribution >= 0.6 is 0 Å². The fraction of sp³-hybridized carbons (Fsp3) is 0.556. The summed E-state index contributed by atoms with van der Waals surface area (Å²) < 4.78 is 5.67. The molecule has 0 saturated carbocycles. The Labute approximate surface area is 137 Å². The number of ether oxygens (including phenoxy) is 1. The van der Waals surface area contributed by atoms with E-state index in [1.807, 2.05) is 0 Å². The molecular formula is C18H24N2O3. The first kappa shape index (κ1) is 16.1. The van der Waals surface area contributed by atoms with Gasteiger partial charge in [0.2, 0.25) is 0 Å². The van der Waals surface area contributed by atoms with E-state index in [9.17, 15) is 9.59 Å². The summed E-state index contributed by atoms with van der Waals surface area (Å²) >= 11 is 0. The van der Waals surface area contributed by atoms with Crippen LogP contribution in [0.2, 0.25) is 0 Å². The molecule has 5 nitrogen and oxygen atoms in total. The molecule has 5 heteroatoms. The quantitative estimate of drug-likeness (QED) is 0.619. The summed E-state index contributed by atoms with van der Waals surface area (Å²) in [5.41, 5.74) is 1.08. The van der Waals surface area contributed by atoms with Crippen molar-refractivity contribution in [3.05, 3.63) is 35.4 Å². The Bertz CT molecular complexity index is 532. The van der Waals surface area contributed by atoms with Crippen molar-refractivity contribution in [2.45, 2.75) is 38.2 Å². The molecule has 0 aliphatic carbocycles. The highest BCUT2D eigenvalue weighted by Crippen LogP contribution is 2.23. The number of hydrogen-bond acceptors (Lipinski definition) is 4. The van der Waals surface area contributed by atoms with Crippen molar-refractivity contribution >= 4 is 11.8 Å². The number of rotatable bonds is 7. The van der Waals surface area contributed by atoms with Crippen LogP contribution in [-0.2, 0) is 4.74 Å². The molecule has 1 N–H and O–H groups in total. The molecule has 1 aromatic rings. The number of carbonyl (C=O) groups is 2. The lowest BCUT2D eigenvalue weighted by molar-refractivity contribution is 0.0220. The molecule has 23 heavy (non-hydrogen) atoms. The number of amides is 2. The second-order valence-corrected chi connectivity index (χ2v) is 6.21. The molecule has 1 fully saturated rings. The molecule has 2 heterocycles. The van der Waals surface area contributed by atoms with Crippen LogP contribution in [0.4, 0.5) is 0 Å². The molecule has 1 saturated heterocycles. The summed E-state index contributed by atoms with van der Waals surface area (Å²) in [6, 6.07) is 7.06. The van der Waals surface area contributed by atoms with E-state index >= 15 is 0 Å². The summed E-state index contributed by atoms with van der Waals surface area (Å²) in [5.74, 6) is -0.292. The maximum Gasteiger partial charge on any atom is 0.261 e. The molecular weight excluding hydrogens is 292 g/mol. The van der Waals surface area contributed by atoms with Crippen molar-refractivity contribution < 1.29 is 14.3 Å². The number of hydrogen-bond donors (Lipinski definition) is 1. The van der Waals surface area contributed by atoms with Crippen molar-refractivity contribution in [2.75, 3.05) is 26.2 Å². The lowest BCUT2D eigenvalue weighted by Crippen LogP contribution is -2.38. The van der Waals surface area contributed by atoms with E-state index in [0.717, 1.165) is 51.8 Å². The highest BCUT2D eigenvalue weighted by Gasteiger charge is 2.34. The average molecular weight is 316 g/mol. The highest BCUT2D eigenvalue weighted by atomic mass is 16.5. The molecule has 0 aromatic heterocycles. The summed E-state index contributed by atoms with van der Waals surface area (Å²) in [4.78, 5) is 25.8. The van der Waals surface area contributed by atoms with Crippen LogP contribution in [0, 0.1) is 0 Å². The van der Waals surface area contributed by atoms with Gasteiger partial charge in [-0.25, -0.2) is 0 Å². The Morgan fingerprint density at radius 2 is 1.74 bits per heavy atom. The molecule has 1 atom stereocenters. The number of fused-ring (bicyclic) bond motifs is 1. The van der Waals surface area contributed by atoms with Crippen molar-refractivity contribution in [3.8, 4) is 0 Å². The number of morpholine rings is 1. The van der Waals surface area contributed by atoms with Gasteiger partial charge in [0.1, 0.15) is 0 Å². The molecule has 0 spiro atoms. The molecule has 2 aliphatic heterocycles. The zero-order valence-corrected chi connectivity index (χ0v) is 13.4. The van der Waals surface area contributed by atoms with Gasteiger partial charge in [-0.05, 0) is 25.0 Å². The summed E-state index contributed by atoms with van der Waals surface area (Å²) in [5, 5.41) is 3.34. The Morgan fingerprint density at radius 1 is 1.04 bits per heavy atom. The van der Waals surface area contributed by atoms with Crippen LogP contribution in [0.1, 0.15) is 52.8 Å². The first-order chi connectivity index (χ1) is 11.3. The number of imide groups is 1. The third kappa shape index (κ3) is 3.79. The first-order valence-corrected chi connectivity index (χ1v) is 8.55. The van der Waals surface area contributed by atoms with Crippen LogP contribution in [0.3, 0.4) is 0 Å². The number of carbonyl (C=O) groups excluding carboxylic acids is 2. The second kappa shape index (κ2) is 7.70. The van der Waals surface area contributed by atoms with Gasteiger partial charge in [-0.3, -0.25) is 14.5 Å². The average Bonchev–Trinajstić information content (AvgIpc) is 2.84.